The number of carbonyl (C=O) groups excluding carboxylic acids is 2. The van der Waals surface area contributed by atoms with Crippen molar-refractivity contribution in [3.05, 3.63) is 30.1 Å². The number of fused-ring (bicyclic) bond motifs is 1. The molecule has 2 amide bonds. The number of rotatable bonds is 5. The molecule has 0 spiro atoms. The molecule has 1 aliphatic rings. The van der Waals surface area contributed by atoms with Gasteiger partial charge in [0.25, 0.3) is 0 Å². The second-order valence-corrected chi connectivity index (χ2v) is 8.21. The maximum absolute atomic E-state index is 12.2. The van der Waals surface area contributed by atoms with E-state index >= 15 is 0 Å². The summed E-state index contributed by atoms with van der Waals surface area (Å²) in [5.41, 5.74) is 1.05. The molecule has 8 heteroatoms. The molecule has 29 heavy (non-hydrogen) atoms. The van der Waals surface area contributed by atoms with Gasteiger partial charge in [-0.3, -0.25) is 4.79 Å². The van der Waals surface area contributed by atoms with E-state index in [4.69, 9.17) is 4.74 Å². The smallest absolute Gasteiger partial charge is 0.407 e. The molecule has 156 valence electrons. The van der Waals surface area contributed by atoms with Crippen LogP contribution in [0.3, 0.4) is 0 Å². The highest BCUT2D eigenvalue weighted by molar-refractivity contribution is 5.91. The van der Waals surface area contributed by atoms with Crippen molar-refractivity contribution in [1.29, 1.82) is 0 Å². The Morgan fingerprint density at radius 1 is 1.17 bits per heavy atom. The lowest BCUT2D eigenvalue weighted by atomic mass is 10.2. The van der Waals surface area contributed by atoms with Gasteiger partial charge in [0.2, 0.25) is 5.91 Å². The fourth-order valence-corrected chi connectivity index (χ4v) is 3.25. The number of nitrogens with one attached hydrogen (secondary N) is 2. The lowest BCUT2D eigenvalue weighted by molar-refractivity contribution is -0.116. The van der Waals surface area contributed by atoms with Gasteiger partial charge in [0.15, 0.2) is 5.82 Å². The van der Waals surface area contributed by atoms with Crippen LogP contribution in [0, 0.1) is 0 Å². The number of amides is 2. The lowest BCUT2D eigenvalue weighted by Gasteiger charge is -2.19. The van der Waals surface area contributed by atoms with Crippen molar-refractivity contribution >= 4 is 17.7 Å². The molecule has 0 saturated carbocycles. The summed E-state index contributed by atoms with van der Waals surface area (Å²) in [5, 5.41) is 14.2. The van der Waals surface area contributed by atoms with Gasteiger partial charge in [0.1, 0.15) is 11.4 Å². The topological polar surface area (TPSA) is 98.1 Å². The summed E-state index contributed by atoms with van der Waals surface area (Å²) >= 11 is 0. The van der Waals surface area contributed by atoms with E-state index < -0.39 is 11.7 Å². The van der Waals surface area contributed by atoms with Crippen LogP contribution in [-0.2, 0) is 22.5 Å². The first-order chi connectivity index (χ1) is 13.8. The van der Waals surface area contributed by atoms with Gasteiger partial charge in [-0.15, -0.1) is 10.2 Å². The van der Waals surface area contributed by atoms with Crippen LogP contribution in [0.15, 0.2) is 24.3 Å². The minimum absolute atomic E-state index is 0.157. The maximum Gasteiger partial charge on any atom is 0.407 e. The van der Waals surface area contributed by atoms with Crippen LogP contribution in [0.5, 0.6) is 0 Å². The third-order valence-electron chi connectivity index (χ3n) is 4.53. The fraction of sp³-hybridized carbons (Fsp3) is 0.524. The van der Waals surface area contributed by atoms with Gasteiger partial charge in [-0.05, 0) is 45.7 Å². The first-order valence-corrected chi connectivity index (χ1v) is 10.1. The van der Waals surface area contributed by atoms with Crippen LogP contribution >= 0.6 is 0 Å². The number of carbonyl (C=O) groups is 2. The monoisotopic (exact) mass is 399 g/mol. The number of ether oxygens (including phenoxy) is 1. The number of benzene rings is 1. The number of hydrogen-bond donors (Lipinski definition) is 2. The average Bonchev–Trinajstić information content (AvgIpc) is 2.89. The number of aryl methyl sites for hydroxylation is 1. The van der Waals surface area contributed by atoms with Crippen molar-refractivity contribution in [2.75, 3.05) is 11.9 Å². The van der Waals surface area contributed by atoms with Gasteiger partial charge in [-0.1, -0.05) is 18.6 Å². The molecular weight excluding hydrogens is 370 g/mol. The van der Waals surface area contributed by atoms with Crippen molar-refractivity contribution in [2.24, 2.45) is 0 Å². The largest absolute Gasteiger partial charge is 0.444 e. The van der Waals surface area contributed by atoms with Gasteiger partial charge < -0.3 is 19.9 Å². The zero-order chi connectivity index (χ0) is 20.9. The van der Waals surface area contributed by atoms with E-state index in [2.05, 4.69) is 25.4 Å². The number of anilines is 1. The fourth-order valence-electron chi connectivity index (χ4n) is 3.25. The lowest BCUT2D eigenvalue weighted by Crippen LogP contribution is -2.34. The van der Waals surface area contributed by atoms with E-state index in [1.54, 1.807) is 20.8 Å². The molecule has 2 heterocycles. The summed E-state index contributed by atoms with van der Waals surface area (Å²) < 4.78 is 7.33. The molecule has 0 aliphatic carbocycles. The SMILES string of the molecule is CC(C)(C)OC(=O)NCCC(=O)Nc1cccc(-c2nnc3n2CCCCC3)c1. The normalized spacial score (nSPS) is 13.9. The third kappa shape index (κ3) is 6.04. The Hall–Kier alpha value is -2.90. The number of nitrogens with zero attached hydrogens (tertiary/aromatic N) is 3. The highest BCUT2D eigenvalue weighted by Gasteiger charge is 2.17. The Labute approximate surface area is 171 Å². The molecule has 0 radical (unpaired) electrons. The van der Waals surface area contributed by atoms with Gasteiger partial charge in [-0.2, -0.15) is 0 Å². The molecule has 0 bridgehead atoms. The van der Waals surface area contributed by atoms with Crippen molar-refractivity contribution in [3.8, 4) is 11.4 Å². The molecular formula is C21H29N5O3. The highest BCUT2D eigenvalue weighted by Crippen LogP contribution is 2.24. The number of hydrogen-bond acceptors (Lipinski definition) is 5. The molecule has 1 aromatic carbocycles. The summed E-state index contributed by atoms with van der Waals surface area (Å²) in [7, 11) is 0. The van der Waals surface area contributed by atoms with Gasteiger partial charge in [0.05, 0.1) is 0 Å². The second-order valence-electron chi connectivity index (χ2n) is 8.21. The molecule has 8 nitrogen and oxygen atoms in total. The average molecular weight is 399 g/mol. The van der Waals surface area contributed by atoms with Crippen LogP contribution in [-0.4, -0.2) is 38.9 Å². The standard InChI is InChI=1S/C21H29N5O3/c1-21(2,3)29-20(28)22-12-11-18(27)23-16-9-7-8-15(14-16)19-25-24-17-10-5-4-6-13-26(17)19/h7-9,14H,4-6,10-13H2,1-3H3,(H,22,28)(H,23,27). The number of alkyl carbamates (subject to hydrolysis) is 1. The molecule has 0 saturated heterocycles. The van der Waals surface area contributed by atoms with Crippen molar-refractivity contribution in [3.63, 3.8) is 0 Å². The van der Waals surface area contributed by atoms with Crippen LogP contribution in [0.2, 0.25) is 0 Å². The zero-order valence-corrected chi connectivity index (χ0v) is 17.3. The van der Waals surface area contributed by atoms with E-state index in [1.165, 1.54) is 6.42 Å². The van der Waals surface area contributed by atoms with Crippen molar-refractivity contribution in [1.82, 2.24) is 20.1 Å². The first-order valence-electron chi connectivity index (χ1n) is 10.1. The van der Waals surface area contributed by atoms with Crippen molar-refractivity contribution in [2.45, 2.75) is 65.0 Å². The Morgan fingerprint density at radius 2 is 2.00 bits per heavy atom. The minimum atomic E-state index is -0.563. The summed E-state index contributed by atoms with van der Waals surface area (Å²) in [6, 6.07) is 7.61. The summed E-state index contributed by atoms with van der Waals surface area (Å²) in [5.74, 6) is 1.68. The Bertz CT molecular complexity index is 869. The zero-order valence-electron chi connectivity index (χ0n) is 17.3. The molecule has 1 aromatic heterocycles. The van der Waals surface area contributed by atoms with Crippen LogP contribution in [0.25, 0.3) is 11.4 Å². The molecule has 1 aliphatic heterocycles. The highest BCUT2D eigenvalue weighted by atomic mass is 16.6. The molecule has 2 N–H and O–H groups in total. The van der Waals surface area contributed by atoms with Gasteiger partial charge in [0, 0.05) is 37.2 Å². The van der Waals surface area contributed by atoms with E-state index in [0.717, 1.165) is 43.0 Å². The van der Waals surface area contributed by atoms with Crippen molar-refractivity contribution < 1.29 is 14.3 Å². The molecule has 3 rings (SSSR count). The summed E-state index contributed by atoms with van der Waals surface area (Å²) in [6.45, 7) is 6.50. The molecule has 0 unspecified atom stereocenters. The first kappa shape index (κ1) is 20.8. The van der Waals surface area contributed by atoms with Gasteiger partial charge in [-0.25, -0.2) is 4.79 Å². The predicted octanol–water partition coefficient (Wildman–Crippen LogP) is 3.52. The quantitative estimate of drug-likeness (QED) is 0.801. The van der Waals surface area contributed by atoms with E-state index in [9.17, 15) is 9.59 Å². The predicted molar refractivity (Wildman–Crippen MR) is 110 cm³/mol. The summed E-state index contributed by atoms with van der Waals surface area (Å²) in [6.07, 6.45) is 4.05. The Kier molecular flexibility index (Phi) is 6.51. The maximum atomic E-state index is 12.2. The van der Waals surface area contributed by atoms with E-state index in [0.29, 0.717) is 5.69 Å². The second kappa shape index (κ2) is 9.07. The molecule has 2 aromatic rings. The van der Waals surface area contributed by atoms with Crippen LogP contribution < -0.4 is 10.6 Å². The minimum Gasteiger partial charge on any atom is -0.444 e. The Morgan fingerprint density at radius 3 is 2.79 bits per heavy atom. The number of aromatic nitrogens is 3. The van der Waals surface area contributed by atoms with E-state index in [-0.39, 0.29) is 18.9 Å². The third-order valence-corrected chi connectivity index (χ3v) is 4.53. The molecule has 0 atom stereocenters. The van der Waals surface area contributed by atoms with Gasteiger partial charge >= 0.3 is 6.09 Å². The molecule has 0 fully saturated rings. The van der Waals surface area contributed by atoms with Crippen LogP contribution in [0.1, 0.15) is 52.3 Å². The van der Waals surface area contributed by atoms with E-state index in [1.807, 2.05) is 24.3 Å². The Balaban J connectivity index is 1.57. The summed E-state index contributed by atoms with van der Waals surface area (Å²) in [4.78, 5) is 23.9. The van der Waals surface area contributed by atoms with Crippen LogP contribution in [0.4, 0.5) is 10.5 Å².